The molecule has 0 N–H and O–H groups in total. The van der Waals surface area contributed by atoms with Gasteiger partial charge in [0.2, 0.25) is 0 Å². The maximum Gasteiger partial charge on any atom is 0.119 e. The van der Waals surface area contributed by atoms with Gasteiger partial charge in [-0.15, -0.1) is 12.4 Å². The lowest BCUT2D eigenvalue weighted by molar-refractivity contribution is 0.223. The number of likely N-dealkylation sites (N-methyl/N-ethyl adjacent to an activating group) is 1. The van der Waals surface area contributed by atoms with Crippen molar-refractivity contribution in [2.24, 2.45) is 0 Å². The summed E-state index contributed by atoms with van der Waals surface area (Å²) in [4.78, 5) is 2.38. The zero-order valence-corrected chi connectivity index (χ0v) is 22.8. The number of allylic oxidation sites excluding steroid dienone is 1. The van der Waals surface area contributed by atoms with Crippen molar-refractivity contribution < 1.29 is 4.74 Å². The fraction of sp³-hybridized carbons (Fsp3) is 0.235. The Bertz CT molecular complexity index is 1160. The van der Waals surface area contributed by atoms with Crippen LogP contribution in [-0.2, 0) is 12.8 Å². The van der Waals surface area contributed by atoms with Gasteiger partial charge in [0.25, 0.3) is 0 Å². The van der Waals surface area contributed by atoms with Gasteiger partial charge in [-0.05, 0) is 65.9 Å². The van der Waals surface area contributed by atoms with Gasteiger partial charge in [0.15, 0.2) is 0 Å². The number of benzene rings is 4. The molecule has 0 spiro atoms. The molecule has 0 heterocycles. The van der Waals surface area contributed by atoms with Gasteiger partial charge >= 0.3 is 0 Å². The van der Waals surface area contributed by atoms with Crippen LogP contribution in [0.4, 0.5) is 0 Å². The third-order valence-corrected chi connectivity index (χ3v) is 6.65. The lowest BCUT2D eigenvalue weighted by Gasteiger charge is -2.19. The van der Waals surface area contributed by atoms with E-state index in [1.807, 2.05) is 0 Å². The average Bonchev–Trinajstić information content (AvgIpc) is 2.94. The highest BCUT2D eigenvalue weighted by molar-refractivity contribution is 5.85. The molecule has 0 aliphatic rings. The second-order valence-electron chi connectivity index (χ2n) is 9.07. The van der Waals surface area contributed by atoms with Gasteiger partial charge in [-0.3, -0.25) is 0 Å². The van der Waals surface area contributed by atoms with E-state index < -0.39 is 0 Å². The number of rotatable bonds is 12. The Morgan fingerprint density at radius 3 is 1.54 bits per heavy atom. The molecule has 4 aromatic rings. The maximum atomic E-state index is 6.07. The molecule has 0 aliphatic heterocycles. The van der Waals surface area contributed by atoms with E-state index >= 15 is 0 Å². The normalized spacial score (nSPS) is 10.6. The largest absolute Gasteiger partial charge is 0.492 e. The van der Waals surface area contributed by atoms with Crippen LogP contribution in [0.15, 0.2) is 121 Å². The van der Waals surface area contributed by atoms with Gasteiger partial charge in [0.05, 0.1) is 0 Å². The molecule has 37 heavy (non-hydrogen) atoms. The highest BCUT2D eigenvalue weighted by atomic mass is 35.5. The van der Waals surface area contributed by atoms with Crippen LogP contribution in [0.5, 0.6) is 5.75 Å². The van der Waals surface area contributed by atoms with Crippen LogP contribution in [0.1, 0.15) is 36.1 Å². The molecule has 0 aliphatic carbocycles. The molecule has 0 saturated heterocycles. The number of halogens is 1. The van der Waals surface area contributed by atoms with E-state index in [0.717, 1.165) is 38.2 Å². The molecule has 192 valence electrons. The van der Waals surface area contributed by atoms with Crippen molar-refractivity contribution in [2.45, 2.75) is 26.7 Å². The molecule has 2 nitrogen and oxygen atoms in total. The Morgan fingerprint density at radius 1 is 0.595 bits per heavy atom. The Hall–Kier alpha value is -3.33. The standard InChI is InChI=1S/C34H37NO.ClH/c1-3-35(4-2)24-25-36-33-22-20-31(21-23-33)34(30-18-12-7-13-19-30)32(26-28-14-8-5-9-15-28)27-29-16-10-6-11-17-29;/h5-23H,3-4,24-27H2,1-2H3;1H. The van der Waals surface area contributed by atoms with Gasteiger partial charge in [0.1, 0.15) is 12.4 Å². The molecule has 0 atom stereocenters. The Kier molecular flexibility index (Phi) is 11.5. The first-order valence-electron chi connectivity index (χ1n) is 13.1. The van der Waals surface area contributed by atoms with Crippen molar-refractivity contribution in [3.05, 3.63) is 143 Å². The fourth-order valence-corrected chi connectivity index (χ4v) is 4.65. The molecule has 0 radical (unpaired) electrons. The first-order chi connectivity index (χ1) is 17.8. The van der Waals surface area contributed by atoms with E-state index in [1.54, 1.807) is 0 Å². The van der Waals surface area contributed by atoms with Crippen molar-refractivity contribution in [1.29, 1.82) is 0 Å². The number of hydrogen-bond acceptors (Lipinski definition) is 2. The maximum absolute atomic E-state index is 6.07. The minimum atomic E-state index is 0. The second kappa shape index (κ2) is 15.0. The Balaban J connectivity index is 0.00000380. The van der Waals surface area contributed by atoms with E-state index in [4.69, 9.17) is 4.74 Å². The summed E-state index contributed by atoms with van der Waals surface area (Å²) >= 11 is 0. The van der Waals surface area contributed by atoms with Crippen molar-refractivity contribution in [3.63, 3.8) is 0 Å². The minimum Gasteiger partial charge on any atom is -0.492 e. The third kappa shape index (κ3) is 8.35. The fourth-order valence-electron chi connectivity index (χ4n) is 4.65. The number of nitrogens with zero attached hydrogens (tertiary/aromatic N) is 1. The lowest BCUT2D eigenvalue weighted by atomic mass is 9.87. The summed E-state index contributed by atoms with van der Waals surface area (Å²) in [5.74, 6) is 0.922. The quantitative estimate of drug-likeness (QED) is 0.190. The van der Waals surface area contributed by atoms with Crippen LogP contribution in [0.2, 0.25) is 0 Å². The molecule has 0 bridgehead atoms. The molecule has 3 heteroatoms. The first kappa shape index (κ1) is 28.2. The van der Waals surface area contributed by atoms with E-state index in [0.29, 0.717) is 6.61 Å². The molecule has 0 fully saturated rings. The van der Waals surface area contributed by atoms with E-state index in [2.05, 4.69) is 134 Å². The van der Waals surface area contributed by atoms with Crippen molar-refractivity contribution in [3.8, 4) is 5.75 Å². The zero-order valence-electron chi connectivity index (χ0n) is 22.0. The summed E-state index contributed by atoms with van der Waals surface area (Å²) in [6.07, 6.45) is 1.81. The van der Waals surface area contributed by atoms with Gasteiger partial charge in [0, 0.05) is 6.54 Å². The highest BCUT2D eigenvalue weighted by Crippen LogP contribution is 2.32. The number of ether oxygens (including phenoxy) is 1. The number of hydrogen-bond donors (Lipinski definition) is 0. The SMILES string of the molecule is CCN(CC)CCOc1ccc(C(=C(Cc2ccccc2)Cc2ccccc2)c2ccccc2)cc1.Cl. The van der Waals surface area contributed by atoms with Gasteiger partial charge in [-0.25, -0.2) is 0 Å². The summed E-state index contributed by atoms with van der Waals surface area (Å²) in [6.45, 7) is 8.14. The molecule has 0 amide bonds. The van der Waals surface area contributed by atoms with Crippen LogP contribution < -0.4 is 4.74 Å². The molecule has 4 aromatic carbocycles. The summed E-state index contributed by atoms with van der Waals surface area (Å²) in [5, 5.41) is 0. The summed E-state index contributed by atoms with van der Waals surface area (Å²) in [5.41, 5.74) is 7.84. The van der Waals surface area contributed by atoms with Crippen LogP contribution in [0.3, 0.4) is 0 Å². The predicted octanol–water partition coefficient (Wildman–Crippen LogP) is 8.12. The van der Waals surface area contributed by atoms with Crippen LogP contribution in [0, 0.1) is 0 Å². The summed E-state index contributed by atoms with van der Waals surface area (Å²) in [7, 11) is 0. The Morgan fingerprint density at radius 2 is 1.05 bits per heavy atom. The van der Waals surface area contributed by atoms with Gasteiger partial charge < -0.3 is 9.64 Å². The predicted molar refractivity (Wildman–Crippen MR) is 160 cm³/mol. The van der Waals surface area contributed by atoms with Crippen molar-refractivity contribution in [1.82, 2.24) is 4.90 Å². The Labute approximate surface area is 229 Å². The molecule has 4 rings (SSSR count). The highest BCUT2D eigenvalue weighted by Gasteiger charge is 2.14. The van der Waals surface area contributed by atoms with E-state index in [1.165, 1.54) is 33.4 Å². The summed E-state index contributed by atoms with van der Waals surface area (Å²) < 4.78 is 6.07. The van der Waals surface area contributed by atoms with E-state index in [-0.39, 0.29) is 12.4 Å². The van der Waals surface area contributed by atoms with Gasteiger partial charge in [-0.1, -0.05) is 123 Å². The summed E-state index contributed by atoms with van der Waals surface area (Å²) in [6, 6.07) is 41.0. The van der Waals surface area contributed by atoms with Crippen LogP contribution >= 0.6 is 12.4 Å². The first-order valence-corrected chi connectivity index (χ1v) is 13.1. The van der Waals surface area contributed by atoms with Crippen LogP contribution in [0.25, 0.3) is 5.57 Å². The van der Waals surface area contributed by atoms with Crippen molar-refractivity contribution in [2.75, 3.05) is 26.2 Å². The average molecular weight is 512 g/mol. The minimum absolute atomic E-state index is 0. The zero-order chi connectivity index (χ0) is 25.0. The second-order valence-corrected chi connectivity index (χ2v) is 9.07. The van der Waals surface area contributed by atoms with Crippen molar-refractivity contribution >= 4 is 18.0 Å². The molecule has 0 saturated carbocycles. The smallest absolute Gasteiger partial charge is 0.119 e. The molecular formula is C34H38ClNO. The molecular weight excluding hydrogens is 474 g/mol. The van der Waals surface area contributed by atoms with Crippen LogP contribution in [-0.4, -0.2) is 31.1 Å². The third-order valence-electron chi connectivity index (χ3n) is 6.65. The molecule has 0 aromatic heterocycles. The monoisotopic (exact) mass is 511 g/mol. The van der Waals surface area contributed by atoms with E-state index in [9.17, 15) is 0 Å². The topological polar surface area (TPSA) is 12.5 Å². The van der Waals surface area contributed by atoms with Gasteiger partial charge in [-0.2, -0.15) is 0 Å². The lowest BCUT2D eigenvalue weighted by Crippen LogP contribution is -2.27. The molecule has 0 unspecified atom stereocenters.